The molecule has 6 rings (SSSR count). The van der Waals surface area contributed by atoms with Crippen LogP contribution in [0.4, 0.5) is 0 Å². The second-order valence-electron chi connectivity index (χ2n) is 16.2. The number of nitrogens with one attached hydrogen (secondary N) is 3. The summed E-state index contributed by atoms with van der Waals surface area (Å²) in [4.78, 5) is 82.8. The molecule has 6 atom stereocenters. The van der Waals surface area contributed by atoms with Crippen LogP contribution in [0, 0.1) is 0 Å². The summed E-state index contributed by atoms with van der Waals surface area (Å²) in [6.45, 7) is 8.60. The van der Waals surface area contributed by atoms with E-state index in [9.17, 15) is 43.8 Å². The smallest absolute Gasteiger partial charge is 0.426 e. The third kappa shape index (κ3) is 20.5. The largest absolute Gasteiger partial charge is 0.478 e. The van der Waals surface area contributed by atoms with Crippen LogP contribution in [0.3, 0.4) is 0 Å². The van der Waals surface area contributed by atoms with E-state index in [1.165, 1.54) is 54.8 Å². The number of ketones is 3. The molecule has 3 aromatic heterocycles. The Morgan fingerprint density at radius 1 is 0.562 bits per heavy atom. The summed E-state index contributed by atoms with van der Waals surface area (Å²) >= 11 is 4.00. The zero-order valence-corrected chi connectivity index (χ0v) is 43.3. The number of nitrogens with zero attached hydrogens (tertiary/aromatic N) is 3. The maximum Gasteiger partial charge on any atom is 0.478 e. The summed E-state index contributed by atoms with van der Waals surface area (Å²) in [5.74, 6) is -3.64. The number of hydrogen-bond acceptors (Lipinski definition) is 21. The summed E-state index contributed by atoms with van der Waals surface area (Å²) in [5.41, 5.74) is 0.177. The minimum Gasteiger partial charge on any atom is -0.426 e. The van der Waals surface area contributed by atoms with E-state index in [0.717, 1.165) is 0 Å². The molecule has 0 aromatic carbocycles. The minimum atomic E-state index is -1.26. The fraction of sp³-hybridized carbons (Fsp3) is 0.413. The third-order valence-electron chi connectivity index (χ3n) is 10.2. The van der Waals surface area contributed by atoms with Gasteiger partial charge in [0.1, 0.15) is 30.6 Å². The van der Waals surface area contributed by atoms with Crippen LogP contribution in [0.1, 0.15) is 87.8 Å². The molecule has 0 spiro atoms. The van der Waals surface area contributed by atoms with Crippen molar-refractivity contribution in [3.8, 4) is 0 Å². The van der Waals surface area contributed by atoms with E-state index in [4.69, 9.17) is 28.8 Å². The van der Waals surface area contributed by atoms with Crippen molar-refractivity contribution in [2.45, 2.75) is 109 Å². The van der Waals surface area contributed by atoms with Gasteiger partial charge in [-0.15, -0.1) is 34.0 Å². The van der Waals surface area contributed by atoms with Crippen molar-refractivity contribution in [2.75, 3.05) is 13.2 Å². The Morgan fingerprint density at radius 3 is 1.12 bits per heavy atom. The lowest BCUT2D eigenvalue weighted by atomic mass is 9.77. The zero-order valence-electron chi connectivity index (χ0n) is 40.9. The van der Waals surface area contributed by atoms with Gasteiger partial charge in [0.05, 0.1) is 50.8 Å². The van der Waals surface area contributed by atoms with Gasteiger partial charge in [0, 0.05) is 19.3 Å². The van der Waals surface area contributed by atoms with Crippen LogP contribution in [-0.4, -0.2) is 143 Å². The molecule has 0 bridgehead atoms. The minimum absolute atomic E-state index is 0.0341. The maximum atomic E-state index is 12.6. The molecule has 21 nitrogen and oxygen atoms in total. The predicted octanol–water partition coefficient (Wildman–Crippen LogP) is 3.39. The Hall–Kier alpha value is -5.90. The summed E-state index contributed by atoms with van der Waals surface area (Å²) in [6.07, 6.45) is 10.6. The third-order valence-corrected chi connectivity index (χ3v) is 12.8. The Kier molecular flexibility index (Phi) is 25.9. The summed E-state index contributed by atoms with van der Waals surface area (Å²) in [7, 11) is -3.71. The molecule has 7 N–H and O–H groups in total. The predicted molar refractivity (Wildman–Crippen MR) is 279 cm³/mol. The highest BCUT2D eigenvalue weighted by Crippen LogP contribution is 2.18. The van der Waals surface area contributed by atoms with Crippen molar-refractivity contribution in [1.29, 1.82) is 0 Å². The number of oxime groups is 3. The van der Waals surface area contributed by atoms with E-state index < -0.39 is 75.2 Å². The molecule has 0 fully saturated rings. The van der Waals surface area contributed by atoms with Crippen molar-refractivity contribution >= 4 is 108 Å². The zero-order chi connectivity index (χ0) is 53.3. The van der Waals surface area contributed by atoms with Crippen molar-refractivity contribution in [2.24, 2.45) is 15.5 Å². The number of hydrogen-bond donors (Lipinski definition) is 7. The Balaban J connectivity index is 0.000000238. The molecule has 0 unspecified atom stereocenters. The number of amides is 3. The van der Waals surface area contributed by atoms with Gasteiger partial charge in [-0.2, -0.15) is 0 Å². The molecule has 0 aliphatic carbocycles. The Labute approximate surface area is 435 Å². The van der Waals surface area contributed by atoms with Gasteiger partial charge >= 0.3 is 21.4 Å². The summed E-state index contributed by atoms with van der Waals surface area (Å²) in [5, 5.41) is 63.8. The quantitative estimate of drug-likeness (QED) is 0.0298. The first-order chi connectivity index (χ1) is 35.0. The lowest BCUT2D eigenvalue weighted by molar-refractivity contribution is -0.119. The number of carbonyl (C=O) groups is 6. The first-order valence-corrected chi connectivity index (χ1v) is 25.8. The van der Waals surface area contributed by atoms with Crippen molar-refractivity contribution in [3.63, 3.8) is 0 Å². The highest BCUT2D eigenvalue weighted by Gasteiger charge is 2.36. The molecule has 6 heterocycles. The molecule has 0 saturated heterocycles. The van der Waals surface area contributed by atoms with Crippen LogP contribution >= 0.6 is 34.0 Å². The van der Waals surface area contributed by atoms with Gasteiger partial charge in [0.25, 0.3) is 17.7 Å². The second kappa shape index (κ2) is 31.6. The van der Waals surface area contributed by atoms with Gasteiger partial charge < -0.3 is 59.9 Å². The van der Waals surface area contributed by atoms with E-state index in [1.54, 1.807) is 79.9 Å². The molecular weight excluding hydrogens is 1010 g/mol. The molecule has 0 saturated carbocycles. The van der Waals surface area contributed by atoms with Gasteiger partial charge in [-0.3, -0.25) is 28.8 Å². The number of carbonyl (C=O) groups excluding carboxylic acids is 6. The van der Waals surface area contributed by atoms with E-state index >= 15 is 0 Å². The first-order valence-electron chi connectivity index (χ1n) is 23.2. The Morgan fingerprint density at radius 2 is 0.863 bits per heavy atom. The molecule has 3 aliphatic rings. The fourth-order valence-corrected chi connectivity index (χ4v) is 8.95. The molecule has 390 valence electrons. The average Bonchev–Trinajstić information content (AvgIpc) is 4.13. The SMILES string of the molecule is CC(=O)C[C@H]1C=CC[C@H](NC(=O)/C(=N\O)c2cccs2)B(O)O1.CCO/N=C(/C(=O)N[C@H]1CC=C[C@H](CC(C)=O)OB1O)c1cccs1.CCO/N=C(\C(=O)N[C@H]1CC=C[C@H](CC(C)=O)OB1O)c1cccs1. The van der Waals surface area contributed by atoms with E-state index in [2.05, 4.69) is 31.4 Å². The van der Waals surface area contributed by atoms with Crippen LogP contribution in [0.15, 0.2) is 104 Å². The van der Waals surface area contributed by atoms with Crippen molar-refractivity contribution in [3.05, 3.63) is 104 Å². The molecule has 3 aliphatic heterocycles. The van der Waals surface area contributed by atoms with Crippen LogP contribution in [0.2, 0.25) is 0 Å². The number of thiophene rings is 3. The van der Waals surface area contributed by atoms with Crippen LogP contribution < -0.4 is 16.0 Å². The van der Waals surface area contributed by atoms with Crippen LogP contribution in [-0.2, 0) is 52.4 Å². The highest BCUT2D eigenvalue weighted by atomic mass is 32.1. The van der Waals surface area contributed by atoms with Gasteiger partial charge in [-0.05, 0) is 88.2 Å². The highest BCUT2D eigenvalue weighted by molar-refractivity contribution is 7.13. The van der Waals surface area contributed by atoms with E-state index in [0.29, 0.717) is 47.1 Å². The van der Waals surface area contributed by atoms with Gasteiger partial charge in [0.15, 0.2) is 17.1 Å². The Bertz CT molecular complexity index is 2330. The maximum absolute atomic E-state index is 12.6. The molecule has 3 amide bonds. The van der Waals surface area contributed by atoms with Crippen molar-refractivity contribution < 1.29 is 72.7 Å². The average molecular weight is 1060 g/mol. The fourth-order valence-electron chi connectivity index (χ4n) is 6.84. The summed E-state index contributed by atoms with van der Waals surface area (Å²) < 4.78 is 16.3. The molecular formula is C46H59B3N6O15S3. The molecule has 73 heavy (non-hydrogen) atoms. The first kappa shape index (κ1) is 59.7. The summed E-state index contributed by atoms with van der Waals surface area (Å²) in [6, 6.07) is 10.6. The van der Waals surface area contributed by atoms with E-state index in [-0.39, 0.29) is 53.7 Å². The number of rotatable bonds is 19. The molecule has 0 radical (unpaired) electrons. The van der Waals surface area contributed by atoms with Gasteiger partial charge in [-0.25, -0.2) is 0 Å². The normalized spacial score (nSPS) is 21.2. The van der Waals surface area contributed by atoms with Crippen LogP contribution in [0.5, 0.6) is 0 Å². The second-order valence-corrected chi connectivity index (χ2v) is 19.1. The van der Waals surface area contributed by atoms with Gasteiger partial charge in [-0.1, -0.05) is 70.1 Å². The number of Topliss-reactive ketones (excluding diaryl/α,β-unsaturated/α-hetero) is 3. The monoisotopic (exact) mass is 1060 g/mol. The topological polar surface area (TPSA) is 303 Å². The lowest BCUT2D eigenvalue weighted by Crippen LogP contribution is -2.50. The van der Waals surface area contributed by atoms with E-state index in [1.807, 2.05) is 22.9 Å². The standard InChI is InChI=1S/2C16H21BN2O5S.C14H17BN2O5S/c2*1-3-23-19-15(13-7-5-9-25-13)16(21)18-14-8-4-6-12(10-11(2)20)24-17(14)22;1-9(18)8-10-4-2-6-12(15(20)22-10)16-14(19)13(17-21)11-5-3-7-23-11/h2*4-7,9,12,14,22H,3,8,10H2,1-2H3,(H,18,21);2-5,7,10,12,20-21H,6,8H2,1H3,(H,16,19)/b19-15+;19-15-;17-13-/t2*12-,14+;10-,12+/m111/s1. The van der Waals surface area contributed by atoms with Gasteiger partial charge in [0.2, 0.25) is 0 Å². The lowest BCUT2D eigenvalue weighted by Gasteiger charge is -2.20. The van der Waals surface area contributed by atoms with Crippen LogP contribution in [0.25, 0.3) is 0 Å². The molecule has 3 aromatic rings. The van der Waals surface area contributed by atoms with Crippen molar-refractivity contribution in [1.82, 2.24) is 16.0 Å². The molecule has 27 heteroatoms.